The third-order valence-corrected chi connectivity index (χ3v) is 4.86. The van der Waals surface area contributed by atoms with Gasteiger partial charge in [-0.3, -0.25) is 9.59 Å². The molecule has 3 rings (SSSR count). The second kappa shape index (κ2) is 9.69. The molecule has 1 saturated carbocycles. The highest BCUT2D eigenvalue weighted by molar-refractivity contribution is 5.96. The Balaban J connectivity index is 1.53. The van der Waals surface area contributed by atoms with Gasteiger partial charge in [-0.25, -0.2) is 5.43 Å². The maximum Gasteiger partial charge on any atom is 0.271 e. The summed E-state index contributed by atoms with van der Waals surface area (Å²) < 4.78 is 5.15. The van der Waals surface area contributed by atoms with E-state index in [-0.39, 0.29) is 17.7 Å². The molecular weight excluding hydrogens is 354 g/mol. The van der Waals surface area contributed by atoms with E-state index in [0.717, 1.165) is 37.0 Å². The van der Waals surface area contributed by atoms with Crippen molar-refractivity contribution in [2.24, 2.45) is 11.0 Å². The highest BCUT2D eigenvalue weighted by atomic mass is 16.5. The van der Waals surface area contributed by atoms with Crippen molar-refractivity contribution in [3.63, 3.8) is 0 Å². The molecule has 28 heavy (non-hydrogen) atoms. The maximum atomic E-state index is 12.3. The summed E-state index contributed by atoms with van der Waals surface area (Å²) in [6, 6.07) is 14.2. The Morgan fingerprint density at radius 1 is 1.07 bits per heavy atom. The van der Waals surface area contributed by atoms with E-state index in [1.807, 2.05) is 24.3 Å². The number of amides is 2. The molecule has 2 N–H and O–H groups in total. The number of hydrogen-bond donors (Lipinski definition) is 2. The van der Waals surface area contributed by atoms with Gasteiger partial charge in [-0.2, -0.15) is 5.10 Å². The minimum atomic E-state index is -0.315. The van der Waals surface area contributed by atoms with Crippen molar-refractivity contribution in [3.05, 3.63) is 59.7 Å². The predicted octanol–water partition coefficient (Wildman–Crippen LogP) is 3.98. The molecule has 0 bridgehead atoms. The van der Waals surface area contributed by atoms with Crippen molar-refractivity contribution in [2.45, 2.75) is 32.1 Å². The monoisotopic (exact) mass is 379 g/mol. The summed E-state index contributed by atoms with van der Waals surface area (Å²) in [5.74, 6) is 0.577. The highest BCUT2D eigenvalue weighted by Gasteiger charge is 2.21. The minimum Gasteiger partial charge on any atom is -0.497 e. The molecule has 6 nitrogen and oxygen atoms in total. The fraction of sp³-hybridized carbons (Fsp3) is 0.318. The Hall–Kier alpha value is -3.15. The number of ether oxygens (including phenoxy) is 1. The van der Waals surface area contributed by atoms with Crippen LogP contribution in [0.4, 0.5) is 5.69 Å². The molecule has 0 spiro atoms. The third kappa shape index (κ3) is 5.42. The number of carbonyl (C=O) groups excluding carboxylic acids is 2. The molecule has 2 aromatic carbocycles. The van der Waals surface area contributed by atoms with E-state index in [4.69, 9.17) is 4.74 Å². The Morgan fingerprint density at radius 2 is 1.82 bits per heavy atom. The molecule has 6 heteroatoms. The Labute approximate surface area is 165 Å². The number of hydrazone groups is 1. The molecule has 0 aromatic heterocycles. The molecule has 0 heterocycles. The topological polar surface area (TPSA) is 79.8 Å². The van der Waals surface area contributed by atoms with Gasteiger partial charge in [0.1, 0.15) is 5.75 Å². The molecule has 2 amide bonds. The number of anilines is 1. The molecule has 0 unspecified atom stereocenters. The first-order valence-corrected chi connectivity index (χ1v) is 9.54. The van der Waals surface area contributed by atoms with E-state index in [2.05, 4.69) is 15.8 Å². The highest BCUT2D eigenvalue weighted by Crippen LogP contribution is 2.25. The minimum absolute atomic E-state index is 0.0693. The fourth-order valence-corrected chi connectivity index (χ4v) is 3.27. The number of nitrogens with zero attached hydrogens (tertiary/aromatic N) is 1. The number of rotatable bonds is 6. The van der Waals surface area contributed by atoms with Crippen LogP contribution in [0.25, 0.3) is 0 Å². The fourth-order valence-electron chi connectivity index (χ4n) is 3.27. The summed E-state index contributed by atoms with van der Waals surface area (Å²) in [4.78, 5) is 24.5. The summed E-state index contributed by atoms with van der Waals surface area (Å²) >= 11 is 0. The molecule has 1 fully saturated rings. The van der Waals surface area contributed by atoms with Gasteiger partial charge < -0.3 is 10.1 Å². The van der Waals surface area contributed by atoms with Crippen LogP contribution in [0.1, 0.15) is 48.0 Å². The Kier molecular flexibility index (Phi) is 6.78. The molecule has 0 radical (unpaired) electrons. The first kappa shape index (κ1) is 19.6. The number of hydrogen-bond acceptors (Lipinski definition) is 4. The van der Waals surface area contributed by atoms with Crippen LogP contribution >= 0.6 is 0 Å². The SMILES string of the molecule is COc1cccc(/C=N/NC(=O)c2ccc(NC(=O)C3CCCCC3)cc2)c1. The first-order chi connectivity index (χ1) is 13.7. The zero-order valence-corrected chi connectivity index (χ0v) is 16.0. The van der Waals surface area contributed by atoms with Crippen molar-refractivity contribution in [1.29, 1.82) is 0 Å². The van der Waals surface area contributed by atoms with Gasteiger partial charge in [0, 0.05) is 17.2 Å². The molecule has 0 atom stereocenters. The van der Waals surface area contributed by atoms with Crippen LogP contribution in [0, 0.1) is 5.92 Å². The van der Waals surface area contributed by atoms with Crippen LogP contribution in [0.15, 0.2) is 53.6 Å². The lowest BCUT2D eigenvalue weighted by Crippen LogP contribution is -2.24. The van der Waals surface area contributed by atoms with Crippen LogP contribution in [0.5, 0.6) is 5.75 Å². The standard InChI is InChI=1S/C22H25N3O3/c1-28-20-9-5-6-16(14-20)15-23-25-22(27)18-10-12-19(13-11-18)24-21(26)17-7-3-2-4-8-17/h5-6,9-15,17H,2-4,7-8H2,1H3,(H,24,26)(H,25,27)/b23-15+. The van der Waals surface area contributed by atoms with E-state index < -0.39 is 0 Å². The Morgan fingerprint density at radius 3 is 2.54 bits per heavy atom. The largest absolute Gasteiger partial charge is 0.497 e. The quantitative estimate of drug-likeness (QED) is 0.588. The number of carbonyl (C=O) groups is 2. The summed E-state index contributed by atoms with van der Waals surface area (Å²) in [6.07, 6.45) is 6.92. The Bertz CT molecular complexity index is 840. The number of nitrogens with one attached hydrogen (secondary N) is 2. The van der Waals surface area contributed by atoms with Crippen molar-refractivity contribution >= 4 is 23.7 Å². The van der Waals surface area contributed by atoms with E-state index in [1.54, 1.807) is 37.6 Å². The molecule has 2 aromatic rings. The zero-order valence-electron chi connectivity index (χ0n) is 16.0. The number of methoxy groups -OCH3 is 1. The van der Waals surface area contributed by atoms with Crippen molar-refractivity contribution < 1.29 is 14.3 Å². The van der Waals surface area contributed by atoms with Crippen LogP contribution in [-0.2, 0) is 4.79 Å². The van der Waals surface area contributed by atoms with Crippen LogP contribution in [-0.4, -0.2) is 25.1 Å². The van der Waals surface area contributed by atoms with Gasteiger partial charge in [0.05, 0.1) is 13.3 Å². The molecule has 0 aliphatic heterocycles. The summed E-state index contributed by atoms with van der Waals surface area (Å²) in [5.41, 5.74) is 4.49. The van der Waals surface area contributed by atoms with E-state index in [1.165, 1.54) is 6.42 Å². The molecule has 146 valence electrons. The van der Waals surface area contributed by atoms with Gasteiger partial charge in [0.15, 0.2) is 0 Å². The lowest BCUT2D eigenvalue weighted by atomic mass is 9.88. The third-order valence-electron chi connectivity index (χ3n) is 4.86. The molecule has 1 aliphatic rings. The summed E-state index contributed by atoms with van der Waals surface area (Å²) in [6.45, 7) is 0. The average molecular weight is 379 g/mol. The van der Waals surface area contributed by atoms with Gasteiger partial charge in [-0.1, -0.05) is 31.4 Å². The van der Waals surface area contributed by atoms with Crippen molar-refractivity contribution in [3.8, 4) is 5.75 Å². The van der Waals surface area contributed by atoms with Gasteiger partial charge in [-0.05, 0) is 54.8 Å². The predicted molar refractivity (Wildman–Crippen MR) is 110 cm³/mol. The van der Waals surface area contributed by atoms with E-state index >= 15 is 0 Å². The normalized spacial score (nSPS) is 14.6. The zero-order chi connectivity index (χ0) is 19.8. The number of benzene rings is 2. The van der Waals surface area contributed by atoms with Crippen molar-refractivity contribution in [2.75, 3.05) is 12.4 Å². The van der Waals surface area contributed by atoms with Gasteiger partial charge in [0.2, 0.25) is 5.91 Å². The summed E-state index contributed by atoms with van der Waals surface area (Å²) in [5, 5.41) is 6.92. The van der Waals surface area contributed by atoms with Crippen molar-refractivity contribution in [1.82, 2.24) is 5.43 Å². The van der Waals surface area contributed by atoms with Crippen LogP contribution < -0.4 is 15.5 Å². The van der Waals surface area contributed by atoms with Crippen LogP contribution in [0.3, 0.4) is 0 Å². The first-order valence-electron chi connectivity index (χ1n) is 9.54. The van der Waals surface area contributed by atoms with Crippen LogP contribution in [0.2, 0.25) is 0 Å². The average Bonchev–Trinajstić information content (AvgIpc) is 2.75. The lowest BCUT2D eigenvalue weighted by Gasteiger charge is -2.20. The van der Waals surface area contributed by atoms with Gasteiger partial charge in [-0.15, -0.1) is 0 Å². The maximum absolute atomic E-state index is 12.3. The summed E-state index contributed by atoms with van der Waals surface area (Å²) in [7, 11) is 1.60. The van der Waals surface area contributed by atoms with E-state index in [0.29, 0.717) is 11.3 Å². The lowest BCUT2D eigenvalue weighted by molar-refractivity contribution is -0.120. The molecule has 1 aliphatic carbocycles. The van der Waals surface area contributed by atoms with E-state index in [9.17, 15) is 9.59 Å². The van der Waals surface area contributed by atoms with Gasteiger partial charge in [0.25, 0.3) is 5.91 Å². The molecular formula is C22H25N3O3. The second-order valence-electron chi connectivity index (χ2n) is 6.88. The smallest absolute Gasteiger partial charge is 0.271 e. The second-order valence-corrected chi connectivity index (χ2v) is 6.88. The van der Waals surface area contributed by atoms with Gasteiger partial charge >= 0.3 is 0 Å². The molecule has 0 saturated heterocycles.